The summed E-state index contributed by atoms with van der Waals surface area (Å²) in [7, 11) is 0. The van der Waals surface area contributed by atoms with Crippen molar-refractivity contribution in [3.05, 3.63) is 21.3 Å². The lowest BCUT2D eigenvalue weighted by Crippen LogP contribution is -2.27. The van der Waals surface area contributed by atoms with E-state index in [2.05, 4.69) is 10.3 Å². The predicted molar refractivity (Wildman–Crippen MR) is 60.5 cm³/mol. The molecule has 0 aromatic carbocycles. The van der Waals surface area contributed by atoms with Gasteiger partial charge in [-0.3, -0.25) is 0 Å². The third-order valence-electron chi connectivity index (χ3n) is 2.33. The van der Waals surface area contributed by atoms with Crippen LogP contribution in [-0.4, -0.2) is 11.0 Å². The Morgan fingerprint density at radius 1 is 1.21 bits per heavy atom. The van der Waals surface area contributed by atoms with Crippen molar-refractivity contribution in [2.45, 2.75) is 25.3 Å². The Morgan fingerprint density at radius 2 is 1.93 bits per heavy atom. The summed E-state index contributed by atoms with van der Waals surface area (Å²) in [5.41, 5.74) is 0. The molecular formula is C9H9Cl3N2. The number of pyridine rings is 1. The Bertz CT molecular complexity index is 350. The molecule has 1 aromatic rings. The number of halogens is 3. The standard InChI is InChI=1S/C9H9Cl3N2/c10-6-4-7(11)9(14-8(6)12)13-5-2-1-3-5/h4-5H,1-3H2,(H,13,14). The molecule has 0 unspecified atom stereocenters. The molecule has 1 aliphatic rings. The van der Waals surface area contributed by atoms with Gasteiger partial charge >= 0.3 is 0 Å². The van der Waals surface area contributed by atoms with E-state index in [1.807, 2.05) is 0 Å². The molecule has 0 bridgehead atoms. The van der Waals surface area contributed by atoms with E-state index < -0.39 is 0 Å². The second-order valence-corrected chi connectivity index (χ2v) is 4.54. The second kappa shape index (κ2) is 4.13. The molecule has 76 valence electrons. The molecule has 0 atom stereocenters. The Kier molecular flexibility index (Phi) is 3.05. The summed E-state index contributed by atoms with van der Waals surface area (Å²) in [5.74, 6) is 0.630. The zero-order chi connectivity index (χ0) is 10.1. The van der Waals surface area contributed by atoms with E-state index in [1.54, 1.807) is 6.07 Å². The number of aromatic nitrogens is 1. The van der Waals surface area contributed by atoms with E-state index in [9.17, 15) is 0 Å². The molecule has 1 heterocycles. The fourth-order valence-corrected chi connectivity index (χ4v) is 1.84. The Hall–Kier alpha value is -0.180. The van der Waals surface area contributed by atoms with E-state index in [4.69, 9.17) is 34.8 Å². The van der Waals surface area contributed by atoms with Crippen molar-refractivity contribution in [1.29, 1.82) is 0 Å². The minimum atomic E-state index is 0.290. The van der Waals surface area contributed by atoms with Crippen LogP contribution >= 0.6 is 34.8 Å². The predicted octanol–water partition coefficient (Wildman–Crippen LogP) is 4.01. The molecule has 2 nitrogen and oxygen atoms in total. The van der Waals surface area contributed by atoms with Crippen molar-refractivity contribution in [2.75, 3.05) is 5.32 Å². The van der Waals surface area contributed by atoms with E-state index in [-0.39, 0.29) is 5.15 Å². The Balaban J connectivity index is 2.19. The van der Waals surface area contributed by atoms with Crippen LogP contribution in [0.3, 0.4) is 0 Å². The van der Waals surface area contributed by atoms with Gasteiger partial charge in [-0.25, -0.2) is 4.98 Å². The smallest absolute Gasteiger partial charge is 0.150 e. The Labute approximate surface area is 97.6 Å². The lowest BCUT2D eigenvalue weighted by Gasteiger charge is -2.27. The molecule has 0 aliphatic heterocycles. The average Bonchev–Trinajstić information content (AvgIpc) is 2.06. The Morgan fingerprint density at radius 3 is 2.50 bits per heavy atom. The van der Waals surface area contributed by atoms with Crippen LogP contribution in [0.25, 0.3) is 0 Å². The molecular weight excluding hydrogens is 242 g/mol. The van der Waals surface area contributed by atoms with Gasteiger partial charge in [0.25, 0.3) is 0 Å². The highest BCUT2D eigenvalue weighted by Gasteiger charge is 2.19. The number of nitrogens with zero attached hydrogens (tertiary/aromatic N) is 1. The summed E-state index contributed by atoms with van der Waals surface area (Å²) in [6.07, 6.45) is 3.59. The summed E-state index contributed by atoms with van der Waals surface area (Å²) in [4.78, 5) is 4.08. The number of hydrogen-bond donors (Lipinski definition) is 1. The maximum atomic E-state index is 5.96. The van der Waals surface area contributed by atoms with Gasteiger partial charge in [0.05, 0.1) is 10.0 Å². The van der Waals surface area contributed by atoms with Crippen LogP contribution in [0.2, 0.25) is 15.2 Å². The van der Waals surface area contributed by atoms with Gasteiger partial charge in [0.1, 0.15) is 11.0 Å². The first-order valence-electron chi connectivity index (χ1n) is 4.45. The number of hydrogen-bond acceptors (Lipinski definition) is 2. The quantitative estimate of drug-likeness (QED) is 0.804. The van der Waals surface area contributed by atoms with Crippen LogP contribution < -0.4 is 5.32 Å². The summed E-state index contributed by atoms with van der Waals surface area (Å²) in [6.45, 7) is 0. The van der Waals surface area contributed by atoms with Crippen LogP contribution in [-0.2, 0) is 0 Å². The number of nitrogens with one attached hydrogen (secondary N) is 1. The maximum Gasteiger partial charge on any atom is 0.150 e. The molecule has 1 aromatic heterocycles. The highest BCUT2D eigenvalue weighted by atomic mass is 35.5. The maximum absolute atomic E-state index is 5.96. The van der Waals surface area contributed by atoms with Crippen LogP contribution in [0.15, 0.2) is 6.07 Å². The normalized spacial score (nSPS) is 16.5. The second-order valence-electron chi connectivity index (χ2n) is 3.36. The zero-order valence-electron chi connectivity index (χ0n) is 7.36. The van der Waals surface area contributed by atoms with E-state index in [0.29, 0.717) is 21.9 Å². The molecule has 0 spiro atoms. The van der Waals surface area contributed by atoms with E-state index in [0.717, 1.165) is 12.8 Å². The van der Waals surface area contributed by atoms with Gasteiger partial charge in [-0.15, -0.1) is 0 Å². The molecule has 1 saturated carbocycles. The van der Waals surface area contributed by atoms with Crippen molar-refractivity contribution in [3.63, 3.8) is 0 Å². The molecule has 2 rings (SSSR count). The monoisotopic (exact) mass is 250 g/mol. The lowest BCUT2D eigenvalue weighted by molar-refractivity contribution is 0.444. The van der Waals surface area contributed by atoms with Crippen LogP contribution in [0.4, 0.5) is 5.82 Å². The van der Waals surface area contributed by atoms with Crippen molar-refractivity contribution in [1.82, 2.24) is 4.98 Å². The number of anilines is 1. The topological polar surface area (TPSA) is 24.9 Å². The molecule has 1 fully saturated rings. The molecule has 0 saturated heterocycles. The van der Waals surface area contributed by atoms with E-state index in [1.165, 1.54) is 6.42 Å². The van der Waals surface area contributed by atoms with Crippen molar-refractivity contribution in [3.8, 4) is 0 Å². The molecule has 0 radical (unpaired) electrons. The first-order chi connectivity index (χ1) is 6.66. The fraction of sp³-hybridized carbons (Fsp3) is 0.444. The van der Waals surface area contributed by atoms with E-state index >= 15 is 0 Å². The summed E-state index contributed by atoms with van der Waals surface area (Å²) in [6, 6.07) is 2.09. The molecule has 5 heteroatoms. The first-order valence-corrected chi connectivity index (χ1v) is 5.58. The van der Waals surface area contributed by atoms with Gasteiger partial charge in [-0.05, 0) is 25.3 Å². The van der Waals surface area contributed by atoms with Gasteiger partial charge in [-0.2, -0.15) is 0 Å². The molecule has 1 aliphatic carbocycles. The summed E-state index contributed by atoms with van der Waals surface area (Å²) < 4.78 is 0. The van der Waals surface area contributed by atoms with Crippen LogP contribution in [0.5, 0.6) is 0 Å². The summed E-state index contributed by atoms with van der Waals surface area (Å²) >= 11 is 17.5. The third-order valence-corrected chi connectivity index (χ3v) is 3.29. The van der Waals surface area contributed by atoms with Crippen molar-refractivity contribution >= 4 is 40.6 Å². The third kappa shape index (κ3) is 2.08. The highest BCUT2D eigenvalue weighted by Crippen LogP contribution is 2.31. The van der Waals surface area contributed by atoms with Gasteiger partial charge in [0.15, 0.2) is 0 Å². The van der Waals surface area contributed by atoms with Gasteiger partial charge in [-0.1, -0.05) is 34.8 Å². The molecule has 14 heavy (non-hydrogen) atoms. The minimum absolute atomic E-state index is 0.290. The number of rotatable bonds is 2. The average molecular weight is 252 g/mol. The SMILES string of the molecule is Clc1cc(Cl)c(NC2CCC2)nc1Cl. The van der Waals surface area contributed by atoms with Crippen molar-refractivity contribution < 1.29 is 0 Å². The zero-order valence-corrected chi connectivity index (χ0v) is 9.62. The minimum Gasteiger partial charge on any atom is -0.366 e. The summed E-state index contributed by atoms with van der Waals surface area (Å²) in [5, 5.41) is 4.42. The molecule has 0 amide bonds. The van der Waals surface area contributed by atoms with Crippen LogP contribution in [0, 0.1) is 0 Å². The largest absolute Gasteiger partial charge is 0.366 e. The fourth-order valence-electron chi connectivity index (χ4n) is 1.29. The lowest BCUT2D eigenvalue weighted by atomic mass is 9.93. The van der Waals surface area contributed by atoms with Gasteiger partial charge in [0.2, 0.25) is 0 Å². The highest BCUT2D eigenvalue weighted by molar-refractivity contribution is 6.42. The first kappa shape index (κ1) is 10.3. The van der Waals surface area contributed by atoms with Gasteiger partial charge in [0, 0.05) is 6.04 Å². The van der Waals surface area contributed by atoms with Crippen LogP contribution in [0.1, 0.15) is 19.3 Å². The van der Waals surface area contributed by atoms with Gasteiger partial charge < -0.3 is 5.32 Å². The molecule has 1 N–H and O–H groups in total. The van der Waals surface area contributed by atoms with Crippen molar-refractivity contribution in [2.24, 2.45) is 0 Å².